The Morgan fingerprint density at radius 1 is 0.638 bits per heavy atom. The molecule has 0 fully saturated rings. The maximum atomic E-state index is 6.43. The number of fused-ring (bicyclic) bond motifs is 2. The molecule has 0 saturated heterocycles. The number of unbranched alkanes of at least 4 members (excludes halogenated alkanes) is 5. The van der Waals surface area contributed by atoms with Gasteiger partial charge in [0, 0.05) is 83.4 Å². The van der Waals surface area contributed by atoms with Gasteiger partial charge in [0.25, 0.3) is 0 Å². The lowest BCUT2D eigenvalue weighted by Crippen LogP contribution is -2.71. The van der Waals surface area contributed by atoms with Crippen LogP contribution in [0, 0.1) is 34.6 Å². The minimum atomic E-state index is 0.778. The van der Waals surface area contributed by atoms with Crippen molar-refractivity contribution in [1.82, 2.24) is 10.3 Å². The van der Waals surface area contributed by atoms with E-state index in [-0.39, 0.29) is 0 Å². The highest BCUT2D eigenvalue weighted by Crippen LogP contribution is 2.30. The first-order valence-corrected chi connectivity index (χ1v) is 20.9. The number of rotatable bonds is 15. The summed E-state index contributed by atoms with van der Waals surface area (Å²) in [5, 5.41) is 9.64. The molecule has 1 aliphatic carbocycles. The lowest BCUT2D eigenvalue weighted by atomic mass is 10.0. The average molecular weight is 773 g/mol. The molecule has 0 unspecified atom stereocenters. The molecule has 0 bridgehead atoms. The Bertz CT molecular complexity index is 2560. The number of nitrogens with one attached hydrogen (secondary N) is 2. The molecule has 7 rings (SSSR count). The van der Waals surface area contributed by atoms with Gasteiger partial charge in [-0.1, -0.05) is 68.2 Å². The van der Waals surface area contributed by atoms with E-state index in [2.05, 4.69) is 139 Å². The van der Waals surface area contributed by atoms with Gasteiger partial charge in [-0.25, -0.2) is 9.98 Å². The first-order chi connectivity index (χ1) is 28.0. The van der Waals surface area contributed by atoms with Gasteiger partial charge in [-0.15, -0.1) is 4.57 Å². The Balaban J connectivity index is 0.875. The van der Waals surface area contributed by atoms with Crippen LogP contribution >= 0.6 is 0 Å². The van der Waals surface area contributed by atoms with E-state index in [1.54, 1.807) is 0 Å². The Hall–Kier alpha value is -5.99. The highest BCUT2D eigenvalue weighted by atomic mass is 15.0. The Labute approximate surface area is 344 Å². The standard InChI is InChI=1S/C50H58N8/c1-32-17-11-13-19-42(32)56-45-29-39(51)34(3)26-44(45)55-38-21-22-41(36(5)25-38)53-23-15-9-7-8-10-16-24-54-43-31-50-47(28-37(43)6)57-46-27-35(4)40(52)30-49(46)58(50)48-20-14-12-18-33(48)2/h11-14,17-20,22,25-31,53,56H,7-10,15-16,21,23-24,51H2,1-6H3,(H2,52,54)/p+2. The third-order valence-corrected chi connectivity index (χ3v) is 11.5. The molecular weight excluding hydrogens is 713 g/mol. The summed E-state index contributed by atoms with van der Waals surface area (Å²) in [6, 6.07) is 29.7. The molecular formula is C50H60N8+2. The van der Waals surface area contributed by atoms with Gasteiger partial charge < -0.3 is 22.1 Å². The summed E-state index contributed by atoms with van der Waals surface area (Å²) in [5.41, 5.74) is 33.1. The average Bonchev–Trinajstić information content (AvgIpc) is 3.19. The third kappa shape index (κ3) is 9.24. The maximum absolute atomic E-state index is 6.43. The summed E-state index contributed by atoms with van der Waals surface area (Å²) < 4.78 is 2.32. The number of nitrogen functional groups attached to an aromatic ring is 2. The number of nitrogens with two attached hydrogens (primary N) is 3. The number of para-hydroxylation sites is 2. The van der Waals surface area contributed by atoms with E-state index in [1.165, 1.54) is 59.3 Å². The van der Waals surface area contributed by atoms with E-state index in [9.17, 15) is 0 Å². The minimum Gasteiger partial charge on any atom is -0.398 e. The fourth-order valence-corrected chi connectivity index (χ4v) is 7.90. The van der Waals surface area contributed by atoms with Crippen LogP contribution in [0.25, 0.3) is 27.8 Å². The smallest absolute Gasteiger partial charge is 0.239 e. The fraction of sp³-hybridized carbons (Fsp3) is 0.300. The van der Waals surface area contributed by atoms with Crippen molar-refractivity contribution >= 4 is 61.9 Å². The number of hydrogen-bond donors (Lipinski definition) is 5. The number of benzene rings is 5. The molecule has 298 valence electrons. The van der Waals surface area contributed by atoms with Crippen LogP contribution in [0.2, 0.25) is 0 Å². The molecule has 5 aromatic carbocycles. The Kier molecular flexibility index (Phi) is 12.5. The number of anilines is 3. The first-order valence-electron chi connectivity index (χ1n) is 20.9. The van der Waals surface area contributed by atoms with Crippen molar-refractivity contribution in [3.8, 4) is 5.69 Å². The molecule has 58 heavy (non-hydrogen) atoms. The molecule has 8 nitrogen and oxygen atoms in total. The van der Waals surface area contributed by atoms with Crippen LogP contribution in [0.1, 0.15) is 79.7 Å². The first kappa shape index (κ1) is 40.2. The number of nitrogens with zero attached hydrogens (tertiary/aromatic N) is 3. The summed E-state index contributed by atoms with van der Waals surface area (Å²) in [7, 11) is 0. The highest BCUT2D eigenvalue weighted by molar-refractivity contribution is 6.00. The van der Waals surface area contributed by atoms with Gasteiger partial charge in [0.05, 0.1) is 0 Å². The number of aliphatic imine (C=N–C) groups is 1. The van der Waals surface area contributed by atoms with Crippen LogP contribution in [-0.2, 0) is 0 Å². The van der Waals surface area contributed by atoms with E-state index >= 15 is 0 Å². The minimum absolute atomic E-state index is 0.778. The van der Waals surface area contributed by atoms with Gasteiger partial charge in [0.2, 0.25) is 16.7 Å². The van der Waals surface area contributed by atoms with Crippen molar-refractivity contribution in [3.63, 3.8) is 0 Å². The Morgan fingerprint density at radius 3 is 1.98 bits per heavy atom. The van der Waals surface area contributed by atoms with Gasteiger partial charge in [-0.3, -0.25) is 5.32 Å². The van der Waals surface area contributed by atoms with Crippen LogP contribution in [0.15, 0.2) is 113 Å². The van der Waals surface area contributed by atoms with Gasteiger partial charge in [-0.05, 0) is 107 Å². The third-order valence-electron chi connectivity index (χ3n) is 11.5. The summed E-state index contributed by atoms with van der Waals surface area (Å²) in [4.78, 5) is 10.2. The largest absolute Gasteiger partial charge is 0.398 e. The van der Waals surface area contributed by atoms with Gasteiger partial charge in [-0.2, -0.15) is 0 Å². The zero-order valence-corrected chi connectivity index (χ0v) is 35.2. The molecule has 6 aromatic rings. The highest BCUT2D eigenvalue weighted by Gasteiger charge is 2.23. The second-order valence-corrected chi connectivity index (χ2v) is 16.1. The predicted molar refractivity (Wildman–Crippen MR) is 245 cm³/mol. The van der Waals surface area contributed by atoms with E-state index in [4.69, 9.17) is 21.4 Å². The number of aryl methyl sites for hydroxylation is 5. The molecule has 0 aliphatic heterocycles. The van der Waals surface area contributed by atoms with Gasteiger partial charge >= 0.3 is 0 Å². The lowest BCUT2D eigenvalue weighted by Gasteiger charge is -2.17. The number of allylic oxidation sites excluding steroid dienone is 3. The Morgan fingerprint density at radius 2 is 1.26 bits per heavy atom. The molecule has 8 heteroatoms. The van der Waals surface area contributed by atoms with Crippen molar-refractivity contribution in [2.75, 3.05) is 29.9 Å². The molecule has 0 spiro atoms. The van der Waals surface area contributed by atoms with Crippen LogP contribution < -0.4 is 32.0 Å². The fourth-order valence-electron chi connectivity index (χ4n) is 7.90. The zero-order valence-electron chi connectivity index (χ0n) is 35.2. The summed E-state index contributed by atoms with van der Waals surface area (Å²) in [6.45, 7) is 14.7. The molecule has 0 amide bonds. The van der Waals surface area contributed by atoms with E-state index in [0.29, 0.717) is 0 Å². The van der Waals surface area contributed by atoms with Crippen molar-refractivity contribution in [3.05, 3.63) is 136 Å². The maximum Gasteiger partial charge on any atom is 0.239 e. The molecule has 8 N–H and O–H groups in total. The summed E-state index contributed by atoms with van der Waals surface area (Å²) in [5.74, 6) is 0. The van der Waals surface area contributed by atoms with Crippen molar-refractivity contribution in [1.29, 1.82) is 0 Å². The summed E-state index contributed by atoms with van der Waals surface area (Å²) >= 11 is 0. The molecule has 0 atom stereocenters. The number of aromatic nitrogens is 2. The molecule has 0 radical (unpaired) electrons. The second kappa shape index (κ2) is 18.1. The summed E-state index contributed by atoms with van der Waals surface area (Å²) in [6.07, 6.45) is 12.6. The van der Waals surface area contributed by atoms with Crippen LogP contribution in [0.5, 0.6) is 0 Å². The number of hydrogen-bond acceptors (Lipinski definition) is 6. The second-order valence-electron chi connectivity index (χ2n) is 16.1. The van der Waals surface area contributed by atoms with Crippen molar-refractivity contribution < 1.29 is 9.88 Å². The normalized spacial score (nSPS) is 13.6. The molecule has 0 saturated carbocycles. The van der Waals surface area contributed by atoms with Crippen LogP contribution in [-0.4, -0.2) is 23.8 Å². The molecule has 1 aliphatic rings. The quantitative estimate of drug-likeness (QED) is 0.0308. The predicted octanol–water partition coefficient (Wildman–Crippen LogP) is 10.2. The van der Waals surface area contributed by atoms with Crippen LogP contribution in [0.4, 0.5) is 34.1 Å². The monoisotopic (exact) mass is 772 g/mol. The van der Waals surface area contributed by atoms with Gasteiger partial charge in [0.1, 0.15) is 22.4 Å². The lowest BCUT2D eigenvalue weighted by molar-refractivity contribution is -0.538. The van der Waals surface area contributed by atoms with Crippen molar-refractivity contribution in [2.24, 2.45) is 4.99 Å². The molecule has 1 heterocycles. The SMILES string of the molecule is CC1=CC(=Nc2cc(C)c(N)cc2[NH2+]c2ccccc2C)CC=C1NCCCCCCCCNc1cc2c(cc1C)nc1cc(C)c(N)cc1[n+]2-c1ccccc1C. The van der Waals surface area contributed by atoms with E-state index in [1.807, 2.05) is 19.9 Å². The van der Waals surface area contributed by atoms with Gasteiger partial charge in [0.15, 0.2) is 5.69 Å². The number of quaternary nitrogens is 1. The molecule has 1 aromatic heterocycles. The topological polar surface area (TPSA) is 122 Å². The van der Waals surface area contributed by atoms with Crippen LogP contribution in [0.3, 0.4) is 0 Å². The van der Waals surface area contributed by atoms with E-state index in [0.717, 1.165) is 105 Å². The van der Waals surface area contributed by atoms with Crippen molar-refractivity contribution in [2.45, 2.75) is 86.5 Å². The zero-order chi connectivity index (χ0) is 40.8. The van der Waals surface area contributed by atoms with E-state index < -0.39 is 0 Å².